The highest BCUT2D eigenvalue weighted by Gasteiger charge is 2.70. The Kier molecular flexibility index (Phi) is 7.98. The molecule has 5 aliphatic carbocycles. The lowest BCUT2D eigenvalue weighted by Crippen LogP contribution is -2.66. The van der Waals surface area contributed by atoms with Crippen molar-refractivity contribution in [3.05, 3.63) is 47.3 Å². The molecule has 0 bridgehead atoms. The molecule has 1 aromatic rings. The summed E-state index contributed by atoms with van der Waals surface area (Å²) in [6.07, 6.45) is 9.98. The van der Waals surface area contributed by atoms with Crippen molar-refractivity contribution in [3.8, 4) is 0 Å². The van der Waals surface area contributed by atoms with E-state index in [1.54, 1.807) is 0 Å². The largest absolute Gasteiger partial charge is 0.393 e. The molecule has 0 aromatic heterocycles. The molecule has 0 saturated heterocycles. The summed E-state index contributed by atoms with van der Waals surface area (Å²) in [7, 11) is 0. The number of benzene rings is 1. The van der Waals surface area contributed by atoms with E-state index in [2.05, 4.69) is 65.2 Å². The first-order valence-corrected chi connectivity index (χ1v) is 17.7. The Bertz CT molecular complexity index is 1450. The van der Waals surface area contributed by atoms with Gasteiger partial charge < -0.3 is 15.7 Å². The van der Waals surface area contributed by atoms with Crippen LogP contribution in [0.5, 0.6) is 0 Å². The Hall–Kier alpha value is -2.54. The molecule has 6 nitrogen and oxygen atoms in total. The first-order valence-electron chi connectivity index (χ1n) is 17.7. The predicted octanol–water partition coefficient (Wildman–Crippen LogP) is 7.01. The summed E-state index contributed by atoms with van der Waals surface area (Å²) in [6, 6.07) is 5.41. The Labute approximate surface area is 274 Å². The van der Waals surface area contributed by atoms with Gasteiger partial charge in [0.15, 0.2) is 5.78 Å². The van der Waals surface area contributed by atoms with Gasteiger partial charge in [-0.1, -0.05) is 54.0 Å². The second kappa shape index (κ2) is 11.0. The van der Waals surface area contributed by atoms with Crippen LogP contribution in [0.25, 0.3) is 0 Å². The maximum atomic E-state index is 14.5. The lowest BCUT2D eigenvalue weighted by Gasteiger charge is -2.70. The van der Waals surface area contributed by atoms with Crippen molar-refractivity contribution in [1.29, 1.82) is 0 Å². The summed E-state index contributed by atoms with van der Waals surface area (Å²) < 4.78 is 13.2. The first-order chi connectivity index (χ1) is 21.4. The third-order valence-corrected chi connectivity index (χ3v) is 14.9. The molecule has 0 aliphatic heterocycles. The minimum Gasteiger partial charge on any atom is -0.393 e. The number of fused-ring (bicyclic) bond motifs is 7. The summed E-state index contributed by atoms with van der Waals surface area (Å²) in [4.78, 5) is 40.7. The third kappa shape index (κ3) is 4.84. The van der Waals surface area contributed by atoms with Crippen molar-refractivity contribution in [1.82, 2.24) is 10.6 Å². The Morgan fingerprint density at radius 2 is 1.52 bits per heavy atom. The lowest BCUT2D eigenvalue weighted by molar-refractivity contribution is -0.202. The van der Waals surface area contributed by atoms with Gasteiger partial charge in [-0.2, -0.15) is 0 Å². The van der Waals surface area contributed by atoms with Gasteiger partial charge in [0.05, 0.1) is 6.10 Å². The van der Waals surface area contributed by atoms with E-state index < -0.39 is 11.2 Å². The highest BCUT2D eigenvalue weighted by atomic mass is 19.1. The third-order valence-electron chi connectivity index (χ3n) is 14.9. The predicted molar refractivity (Wildman–Crippen MR) is 177 cm³/mol. The second-order valence-corrected chi connectivity index (χ2v) is 17.6. The molecule has 2 amide bonds. The van der Waals surface area contributed by atoms with Crippen LogP contribution in [-0.2, 0) is 9.59 Å². The average molecular weight is 635 g/mol. The van der Waals surface area contributed by atoms with Crippen LogP contribution in [0.2, 0.25) is 0 Å². The van der Waals surface area contributed by atoms with Crippen LogP contribution in [-0.4, -0.2) is 41.9 Å². The molecule has 0 unspecified atom stereocenters. The molecule has 252 valence electrons. The number of carbonyl (C=O) groups excluding carboxylic acids is 3. The van der Waals surface area contributed by atoms with E-state index >= 15 is 0 Å². The molecule has 7 heteroatoms. The van der Waals surface area contributed by atoms with Gasteiger partial charge >= 0.3 is 0 Å². The van der Waals surface area contributed by atoms with Crippen molar-refractivity contribution in [2.75, 3.05) is 13.1 Å². The number of aliphatic hydroxyl groups is 1. The summed E-state index contributed by atoms with van der Waals surface area (Å²) in [5, 5.41) is 16.9. The highest BCUT2D eigenvalue weighted by Crippen LogP contribution is 2.75. The normalized spacial score (nSPS) is 42.8. The van der Waals surface area contributed by atoms with Gasteiger partial charge in [0.1, 0.15) is 5.82 Å². The summed E-state index contributed by atoms with van der Waals surface area (Å²) in [6.45, 7) is 16.6. The standard InChI is InChI=1S/C39H55FN2O4/c1-34(2)29-12-15-39(7)31(37(29,5)14-13-30(34)44)28(43)22-26-27-23-36(4,17-16-35(27,3)18-19-38(26,39)6)33(46)42-21-20-41-32(45)24-8-10-25(40)11-9-24/h8-11,22,27,29-31,44H,12-21,23H2,1-7H3,(H,41,45)(H,42,46)/t27-,29-,30-,31+,35+,36-,37-,38+,39+/m0/s1. The quantitative estimate of drug-likeness (QED) is 0.304. The Morgan fingerprint density at radius 1 is 0.870 bits per heavy atom. The van der Waals surface area contributed by atoms with Gasteiger partial charge in [-0.15, -0.1) is 0 Å². The van der Waals surface area contributed by atoms with Crippen molar-refractivity contribution in [2.24, 2.45) is 50.2 Å². The number of allylic oxidation sites excluding steroid dienone is 2. The lowest BCUT2D eigenvalue weighted by atomic mass is 9.33. The molecule has 46 heavy (non-hydrogen) atoms. The zero-order chi connectivity index (χ0) is 33.5. The number of aliphatic hydroxyl groups excluding tert-OH is 1. The number of amides is 2. The molecule has 9 atom stereocenters. The van der Waals surface area contributed by atoms with Crippen LogP contribution >= 0.6 is 0 Å². The number of rotatable bonds is 5. The van der Waals surface area contributed by atoms with E-state index in [0.717, 1.165) is 51.4 Å². The molecular formula is C39H55FN2O4. The molecule has 6 rings (SSSR count). The number of nitrogens with one attached hydrogen (secondary N) is 2. The second-order valence-electron chi connectivity index (χ2n) is 17.6. The summed E-state index contributed by atoms with van der Waals surface area (Å²) >= 11 is 0. The fourth-order valence-corrected chi connectivity index (χ4v) is 11.6. The first kappa shape index (κ1) is 33.4. The Morgan fingerprint density at radius 3 is 2.22 bits per heavy atom. The topological polar surface area (TPSA) is 95.5 Å². The van der Waals surface area contributed by atoms with Crippen molar-refractivity contribution in [2.45, 2.75) is 112 Å². The minimum absolute atomic E-state index is 0.000644. The van der Waals surface area contributed by atoms with Gasteiger partial charge in [-0.3, -0.25) is 14.4 Å². The van der Waals surface area contributed by atoms with Crippen LogP contribution in [0.15, 0.2) is 35.9 Å². The molecule has 3 N–H and O–H groups in total. The van der Waals surface area contributed by atoms with E-state index in [4.69, 9.17) is 0 Å². The molecule has 5 aliphatic rings. The van der Waals surface area contributed by atoms with E-state index in [0.29, 0.717) is 24.4 Å². The zero-order valence-electron chi connectivity index (χ0n) is 29.0. The van der Waals surface area contributed by atoms with E-state index in [1.165, 1.54) is 29.8 Å². The zero-order valence-corrected chi connectivity index (χ0v) is 29.0. The van der Waals surface area contributed by atoms with Crippen molar-refractivity contribution < 1.29 is 23.9 Å². The number of halogens is 1. The van der Waals surface area contributed by atoms with E-state index in [1.807, 2.05) is 0 Å². The number of hydrogen-bond acceptors (Lipinski definition) is 4. The fourth-order valence-electron chi connectivity index (χ4n) is 11.6. The van der Waals surface area contributed by atoms with Crippen molar-refractivity contribution in [3.63, 3.8) is 0 Å². The van der Waals surface area contributed by atoms with Crippen LogP contribution in [0.1, 0.15) is 117 Å². The van der Waals surface area contributed by atoms with Gasteiger partial charge in [0, 0.05) is 30.0 Å². The van der Waals surface area contributed by atoms with Gasteiger partial charge in [-0.05, 0) is 127 Å². The van der Waals surface area contributed by atoms with Crippen LogP contribution in [0, 0.1) is 56.1 Å². The summed E-state index contributed by atoms with van der Waals surface area (Å²) in [5.74, 6) is -0.0186. The van der Waals surface area contributed by atoms with Crippen molar-refractivity contribution >= 4 is 17.6 Å². The van der Waals surface area contributed by atoms with E-state index in [9.17, 15) is 23.9 Å². The maximum absolute atomic E-state index is 14.5. The molecule has 0 heterocycles. The molecule has 4 saturated carbocycles. The summed E-state index contributed by atoms with van der Waals surface area (Å²) in [5.41, 5.74) is 0.492. The van der Waals surface area contributed by atoms with Gasteiger partial charge in [0.25, 0.3) is 5.91 Å². The minimum atomic E-state index is -0.571. The monoisotopic (exact) mass is 634 g/mol. The molecule has 1 aromatic carbocycles. The number of ketones is 1. The van der Waals surface area contributed by atoms with Crippen LogP contribution < -0.4 is 10.6 Å². The molecule has 0 spiro atoms. The van der Waals surface area contributed by atoms with Crippen LogP contribution in [0.4, 0.5) is 4.39 Å². The number of hydrogen-bond donors (Lipinski definition) is 3. The van der Waals surface area contributed by atoms with Gasteiger partial charge in [-0.25, -0.2) is 4.39 Å². The average Bonchev–Trinajstić information content (AvgIpc) is 2.99. The van der Waals surface area contributed by atoms with Crippen LogP contribution in [0.3, 0.4) is 0 Å². The SMILES string of the molecule is CC1(C)[C@@H](O)CC[C@]2(C)[C@H]3C(=O)C=C4[C@@H]5C[C@@](C)(C(=O)NCCNC(=O)c6ccc(F)cc6)CC[C@]5(C)CC[C@@]4(C)[C@]3(C)CC[C@@H]12. The Balaban J connectivity index is 1.21. The molecular weight excluding hydrogens is 579 g/mol. The van der Waals surface area contributed by atoms with E-state index in [-0.39, 0.29) is 69.2 Å². The van der Waals surface area contributed by atoms with Gasteiger partial charge in [0.2, 0.25) is 5.91 Å². The smallest absolute Gasteiger partial charge is 0.251 e. The molecule has 4 fully saturated rings. The number of carbonyl (C=O) groups is 3. The highest BCUT2D eigenvalue weighted by molar-refractivity contribution is 5.96. The fraction of sp³-hybridized carbons (Fsp3) is 0.718. The maximum Gasteiger partial charge on any atom is 0.251 e. The molecule has 0 radical (unpaired) electrons.